The molecule has 0 radical (unpaired) electrons. The molecular weight excluding hydrogens is 255 g/mol. The molecule has 1 fully saturated rings. The number of hydrogen-bond donors (Lipinski definition) is 1. The monoisotopic (exact) mass is 280 g/mol. The quantitative estimate of drug-likeness (QED) is 0.897. The Kier molecular flexibility index (Phi) is 5.38. The van der Waals surface area contributed by atoms with Crippen LogP contribution in [0.1, 0.15) is 31.9 Å². The van der Waals surface area contributed by atoms with E-state index in [2.05, 4.69) is 24.1 Å². The van der Waals surface area contributed by atoms with Crippen LogP contribution in [0.15, 0.2) is 18.2 Å². The third-order valence-electron chi connectivity index (χ3n) is 4.24. The first-order valence-corrected chi connectivity index (χ1v) is 7.45. The second kappa shape index (κ2) is 7.04. The summed E-state index contributed by atoms with van der Waals surface area (Å²) in [6.45, 7) is 8.39. The average Bonchev–Trinajstić information content (AvgIpc) is 2.48. The molecule has 0 amide bonds. The van der Waals surface area contributed by atoms with Gasteiger partial charge in [0.15, 0.2) is 0 Å². The molecule has 1 aromatic carbocycles. The molecule has 3 nitrogen and oxygen atoms in total. The fourth-order valence-corrected chi connectivity index (χ4v) is 2.98. The van der Waals surface area contributed by atoms with E-state index in [-0.39, 0.29) is 11.9 Å². The van der Waals surface area contributed by atoms with Gasteiger partial charge in [-0.3, -0.25) is 4.90 Å². The fourth-order valence-electron chi connectivity index (χ4n) is 2.98. The molecule has 0 bridgehead atoms. The molecule has 2 rings (SSSR count). The molecule has 1 saturated heterocycles. The van der Waals surface area contributed by atoms with E-state index in [1.54, 1.807) is 19.2 Å². The van der Waals surface area contributed by atoms with E-state index >= 15 is 0 Å². The summed E-state index contributed by atoms with van der Waals surface area (Å²) in [4.78, 5) is 2.45. The van der Waals surface area contributed by atoms with Gasteiger partial charge < -0.3 is 10.1 Å². The van der Waals surface area contributed by atoms with Crippen LogP contribution in [0.4, 0.5) is 4.39 Å². The lowest BCUT2D eigenvalue weighted by Gasteiger charge is -2.39. The number of methoxy groups -OCH3 is 1. The molecule has 0 spiro atoms. The highest BCUT2D eigenvalue weighted by molar-refractivity contribution is 5.37. The van der Waals surface area contributed by atoms with Crippen molar-refractivity contribution < 1.29 is 9.13 Å². The standard InChI is InChI=1S/C16H25FN2O/c1-4-12(2)16(19-9-7-18-8-10-19)14-11-13(17)5-6-15(14)20-3/h5-6,11-12,16,18H,4,7-10H2,1-3H3/t12?,16-/m0/s1. The minimum absolute atomic E-state index is 0.191. The molecule has 4 heteroatoms. The van der Waals surface area contributed by atoms with Crippen molar-refractivity contribution in [3.05, 3.63) is 29.6 Å². The topological polar surface area (TPSA) is 24.5 Å². The van der Waals surface area contributed by atoms with E-state index in [1.807, 2.05) is 0 Å². The SMILES string of the molecule is CCC(C)[C@@H](c1cc(F)ccc1OC)N1CCNCC1. The second-order valence-electron chi connectivity index (χ2n) is 5.50. The van der Waals surface area contributed by atoms with Gasteiger partial charge in [0.2, 0.25) is 0 Å². The third kappa shape index (κ3) is 3.30. The van der Waals surface area contributed by atoms with Crippen LogP contribution >= 0.6 is 0 Å². The highest BCUT2D eigenvalue weighted by Gasteiger charge is 2.29. The summed E-state index contributed by atoms with van der Waals surface area (Å²) in [6.07, 6.45) is 1.06. The molecule has 1 aliphatic heterocycles. The van der Waals surface area contributed by atoms with Gasteiger partial charge in [0.05, 0.1) is 7.11 Å². The molecule has 112 valence electrons. The third-order valence-corrected chi connectivity index (χ3v) is 4.24. The van der Waals surface area contributed by atoms with Crippen LogP contribution in [0.5, 0.6) is 5.75 Å². The van der Waals surface area contributed by atoms with Crippen LogP contribution in [0.2, 0.25) is 0 Å². The van der Waals surface area contributed by atoms with Gasteiger partial charge in [-0.25, -0.2) is 4.39 Å². The molecular formula is C16H25FN2O. The Morgan fingerprint density at radius 1 is 1.35 bits per heavy atom. The number of nitrogens with one attached hydrogen (secondary N) is 1. The van der Waals surface area contributed by atoms with E-state index < -0.39 is 0 Å². The number of benzene rings is 1. The predicted octanol–water partition coefficient (Wildman–Crippen LogP) is 2.83. The van der Waals surface area contributed by atoms with Gasteiger partial charge in [-0.2, -0.15) is 0 Å². The van der Waals surface area contributed by atoms with Gasteiger partial charge in [0.1, 0.15) is 11.6 Å². The number of nitrogens with zero attached hydrogens (tertiary/aromatic N) is 1. The Labute approximate surface area is 121 Å². The first kappa shape index (κ1) is 15.3. The van der Waals surface area contributed by atoms with Gasteiger partial charge in [0, 0.05) is 37.8 Å². The summed E-state index contributed by atoms with van der Waals surface area (Å²) in [5.74, 6) is 1.06. The van der Waals surface area contributed by atoms with Crippen molar-refractivity contribution in [3.8, 4) is 5.75 Å². The lowest BCUT2D eigenvalue weighted by Crippen LogP contribution is -2.46. The van der Waals surface area contributed by atoms with E-state index in [0.717, 1.165) is 43.9 Å². The van der Waals surface area contributed by atoms with Crippen molar-refractivity contribution in [1.82, 2.24) is 10.2 Å². The summed E-state index contributed by atoms with van der Waals surface area (Å²) in [6, 6.07) is 5.06. The van der Waals surface area contributed by atoms with Crippen LogP contribution < -0.4 is 10.1 Å². The van der Waals surface area contributed by atoms with Crippen LogP contribution in [0.25, 0.3) is 0 Å². The van der Waals surface area contributed by atoms with Gasteiger partial charge in [-0.15, -0.1) is 0 Å². The van der Waals surface area contributed by atoms with Crippen molar-refractivity contribution in [3.63, 3.8) is 0 Å². The lowest BCUT2D eigenvalue weighted by atomic mass is 9.90. The predicted molar refractivity (Wildman–Crippen MR) is 79.6 cm³/mol. The Hall–Kier alpha value is -1.13. The van der Waals surface area contributed by atoms with Gasteiger partial charge in [-0.05, 0) is 24.1 Å². The maximum absolute atomic E-state index is 13.7. The summed E-state index contributed by atoms with van der Waals surface area (Å²) in [5, 5.41) is 3.37. The molecule has 0 saturated carbocycles. The Morgan fingerprint density at radius 3 is 2.65 bits per heavy atom. The largest absolute Gasteiger partial charge is 0.496 e. The fraction of sp³-hybridized carbons (Fsp3) is 0.625. The van der Waals surface area contributed by atoms with Crippen LogP contribution in [-0.4, -0.2) is 38.2 Å². The van der Waals surface area contributed by atoms with E-state index in [0.29, 0.717) is 5.92 Å². The Bertz CT molecular complexity index is 432. The summed E-state index contributed by atoms with van der Waals surface area (Å²) >= 11 is 0. The summed E-state index contributed by atoms with van der Waals surface area (Å²) in [7, 11) is 1.65. The molecule has 1 aromatic rings. The highest BCUT2D eigenvalue weighted by atomic mass is 19.1. The molecule has 20 heavy (non-hydrogen) atoms. The zero-order valence-corrected chi connectivity index (χ0v) is 12.7. The number of halogens is 1. The van der Waals surface area contributed by atoms with Gasteiger partial charge >= 0.3 is 0 Å². The highest BCUT2D eigenvalue weighted by Crippen LogP contribution is 2.36. The van der Waals surface area contributed by atoms with Crippen molar-refractivity contribution >= 4 is 0 Å². The second-order valence-corrected chi connectivity index (χ2v) is 5.50. The summed E-state index contributed by atoms with van der Waals surface area (Å²) < 4.78 is 19.1. The van der Waals surface area contributed by atoms with Crippen molar-refractivity contribution in [2.75, 3.05) is 33.3 Å². The molecule has 1 N–H and O–H groups in total. The van der Waals surface area contributed by atoms with E-state index in [9.17, 15) is 4.39 Å². The lowest BCUT2D eigenvalue weighted by molar-refractivity contribution is 0.126. The summed E-state index contributed by atoms with van der Waals surface area (Å²) in [5.41, 5.74) is 0.976. The number of piperazine rings is 1. The molecule has 1 heterocycles. The zero-order chi connectivity index (χ0) is 14.5. The van der Waals surface area contributed by atoms with Gasteiger partial charge in [0.25, 0.3) is 0 Å². The minimum Gasteiger partial charge on any atom is -0.496 e. The normalized spacial score (nSPS) is 19.6. The molecule has 0 aliphatic carbocycles. The first-order valence-electron chi connectivity index (χ1n) is 7.45. The smallest absolute Gasteiger partial charge is 0.123 e. The molecule has 0 aromatic heterocycles. The number of ether oxygens (including phenoxy) is 1. The molecule has 2 atom stereocenters. The number of rotatable bonds is 5. The molecule has 1 aliphatic rings. The van der Waals surface area contributed by atoms with E-state index in [1.165, 1.54) is 6.07 Å². The Balaban J connectivity index is 2.37. The van der Waals surface area contributed by atoms with Crippen molar-refractivity contribution in [2.24, 2.45) is 5.92 Å². The maximum atomic E-state index is 13.7. The van der Waals surface area contributed by atoms with Crippen LogP contribution in [0.3, 0.4) is 0 Å². The molecule has 1 unspecified atom stereocenters. The first-order chi connectivity index (χ1) is 9.67. The zero-order valence-electron chi connectivity index (χ0n) is 12.7. The number of hydrogen-bond acceptors (Lipinski definition) is 3. The van der Waals surface area contributed by atoms with Crippen molar-refractivity contribution in [1.29, 1.82) is 0 Å². The Morgan fingerprint density at radius 2 is 2.05 bits per heavy atom. The minimum atomic E-state index is -0.191. The van der Waals surface area contributed by atoms with Crippen LogP contribution in [0, 0.1) is 11.7 Å². The average molecular weight is 280 g/mol. The van der Waals surface area contributed by atoms with Crippen molar-refractivity contribution in [2.45, 2.75) is 26.3 Å². The van der Waals surface area contributed by atoms with Crippen LogP contribution in [-0.2, 0) is 0 Å². The van der Waals surface area contributed by atoms with E-state index in [4.69, 9.17) is 4.74 Å². The van der Waals surface area contributed by atoms with Gasteiger partial charge in [-0.1, -0.05) is 20.3 Å². The maximum Gasteiger partial charge on any atom is 0.123 e.